The quantitative estimate of drug-likeness (QED) is 0.832. The Kier molecular flexibility index (Phi) is 4.16. The Labute approximate surface area is 146 Å². The summed E-state index contributed by atoms with van der Waals surface area (Å²) in [6.45, 7) is 1.60. The predicted octanol–water partition coefficient (Wildman–Crippen LogP) is 2.00. The highest BCUT2D eigenvalue weighted by Crippen LogP contribution is 2.38. The zero-order valence-electron chi connectivity index (χ0n) is 13.7. The van der Waals surface area contributed by atoms with E-state index < -0.39 is 15.8 Å². The average Bonchev–Trinajstić information content (AvgIpc) is 3.47. The van der Waals surface area contributed by atoms with E-state index in [1.54, 1.807) is 0 Å². The lowest BCUT2D eigenvalue weighted by atomic mass is 10.2. The fraction of sp³-hybridized carbons (Fsp3) is 0.412. The Morgan fingerprint density at radius 1 is 0.960 bits per heavy atom. The number of benzene rings is 1. The maximum atomic E-state index is 13.9. The van der Waals surface area contributed by atoms with Gasteiger partial charge in [0.05, 0.1) is 5.69 Å². The summed E-state index contributed by atoms with van der Waals surface area (Å²) < 4.78 is 40.4. The summed E-state index contributed by atoms with van der Waals surface area (Å²) in [4.78, 5) is 1.74. The van der Waals surface area contributed by atoms with Crippen LogP contribution in [0.4, 0.5) is 10.2 Å². The molecule has 0 spiro atoms. The summed E-state index contributed by atoms with van der Waals surface area (Å²) in [7, 11) is -3.81. The Bertz CT molecular complexity index is 860. The van der Waals surface area contributed by atoms with Crippen molar-refractivity contribution in [1.82, 2.24) is 14.5 Å². The van der Waals surface area contributed by atoms with E-state index in [9.17, 15) is 12.8 Å². The second kappa shape index (κ2) is 6.34. The topological polar surface area (TPSA) is 66.4 Å². The fourth-order valence-corrected chi connectivity index (χ4v) is 4.54. The molecule has 1 aromatic heterocycles. The van der Waals surface area contributed by atoms with Gasteiger partial charge in [-0.3, -0.25) is 0 Å². The molecule has 1 aromatic carbocycles. The van der Waals surface area contributed by atoms with Gasteiger partial charge in [0.25, 0.3) is 0 Å². The van der Waals surface area contributed by atoms with Gasteiger partial charge >= 0.3 is 0 Å². The molecule has 2 aliphatic rings. The lowest BCUT2D eigenvalue weighted by molar-refractivity contribution is 0.381. The van der Waals surface area contributed by atoms with Crippen molar-refractivity contribution < 1.29 is 12.8 Å². The van der Waals surface area contributed by atoms with E-state index in [-0.39, 0.29) is 4.90 Å². The van der Waals surface area contributed by atoms with Crippen molar-refractivity contribution in [2.24, 2.45) is 0 Å². The molecule has 6 nitrogen and oxygen atoms in total. The molecule has 8 heteroatoms. The van der Waals surface area contributed by atoms with Crippen molar-refractivity contribution in [2.45, 2.75) is 23.7 Å². The molecule has 0 N–H and O–H groups in total. The predicted molar refractivity (Wildman–Crippen MR) is 91.4 cm³/mol. The maximum Gasteiger partial charge on any atom is 0.246 e. The highest BCUT2D eigenvalue weighted by Gasteiger charge is 2.31. The van der Waals surface area contributed by atoms with Crippen LogP contribution in [-0.4, -0.2) is 49.1 Å². The fourth-order valence-electron chi connectivity index (χ4n) is 3.05. The first-order valence-electron chi connectivity index (χ1n) is 8.39. The third-order valence-electron chi connectivity index (χ3n) is 4.68. The SMILES string of the molecule is O=S(=O)(c1ccccc1F)N1CCN(c2ccc(C3CC3)nn2)CC1. The lowest BCUT2D eigenvalue weighted by Crippen LogP contribution is -2.49. The number of halogens is 1. The summed E-state index contributed by atoms with van der Waals surface area (Å²) in [5.74, 6) is 0.600. The van der Waals surface area contributed by atoms with Gasteiger partial charge in [0.15, 0.2) is 5.82 Å². The van der Waals surface area contributed by atoms with Crippen LogP contribution in [0.2, 0.25) is 0 Å². The van der Waals surface area contributed by atoms with Gasteiger partial charge in [-0.25, -0.2) is 12.8 Å². The number of hydrogen-bond acceptors (Lipinski definition) is 5. The molecule has 2 aromatic rings. The monoisotopic (exact) mass is 362 g/mol. The van der Waals surface area contributed by atoms with Gasteiger partial charge in [0.2, 0.25) is 10.0 Å². The van der Waals surface area contributed by atoms with E-state index in [2.05, 4.69) is 10.2 Å². The highest BCUT2D eigenvalue weighted by molar-refractivity contribution is 7.89. The van der Waals surface area contributed by atoms with E-state index in [0.717, 1.165) is 11.5 Å². The van der Waals surface area contributed by atoms with E-state index in [4.69, 9.17) is 0 Å². The molecule has 2 fully saturated rings. The summed E-state index contributed by atoms with van der Waals surface area (Å²) in [6, 6.07) is 9.43. The van der Waals surface area contributed by atoms with Crippen molar-refractivity contribution in [1.29, 1.82) is 0 Å². The Morgan fingerprint density at radius 3 is 2.28 bits per heavy atom. The van der Waals surface area contributed by atoms with Crippen LogP contribution >= 0.6 is 0 Å². The van der Waals surface area contributed by atoms with Crippen LogP contribution in [0.5, 0.6) is 0 Å². The number of sulfonamides is 1. The van der Waals surface area contributed by atoms with Crippen molar-refractivity contribution in [2.75, 3.05) is 31.1 Å². The molecule has 1 aliphatic heterocycles. The molecule has 0 atom stereocenters. The third-order valence-corrected chi connectivity index (χ3v) is 6.62. The first kappa shape index (κ1) is 16.4. The standard InChI is InChI=1S/C17H19FN4O2S/c18-14-3-1-2-4-16(14)25(23,24)22-11-9-21(10-12-22)17-8-7-15(19-20-17)13-5-6-13/h1-4,7-8,13H,5-6,9-12H2. The molecule has 1 saturated heterocycles. The van der Waals surface area contributed by atoms with E-state index in [0.29, 0.717) is 32.1 Å². The van der Waals surface area contributed by atoms with Gasteiger partial charge in [-0.15, -0.1) is 5.10 Å². The molecule has 0 radical (unpaired) electrons. The lowest BCUT2D eigenvalue weighted by Gasteiger charge is -2.34. The smallest absolute Gasteiger partial charge is 0.246 e. The van der Waals surface area contributed by atoms with Crippen LogP contribution < -0.4 is 4.90 Å². The molecular formula is C17H19FN4O2S. The summed E-state index contributed by atoms with van der Waals surface area (Å²) >= 11 is 0. The molecule has 132 valence electrons. The van der Waals surface area contributed by atoms with Gasteiger partial charge in [0, 0.05) is 32.1 Å². The molecule has 1 saturated carbocycles. The third kappa shape index (κ3) is 3.23. The normalized spacial score (nSPS) is 19.2. The molecule has 4 rings (SSSR count). The molecule has 2 heterocycles. The van der Waals surface area contributed by atoms with Crippen LogP contribution in [-0.2, 0) is 10.0 Å². The molecule has 0 bridgehead atoms. The summed E-state index contributed by atoms with van der Waals surface area (Å²) in [5.41, 5.74) is 1.03. The molecule has 1 aliphatic carbocycles. The second-order valence-corrected chi connectivity index (χ2v) is 8.32. The summed E-state index contributed by atoms with van der Waals surface area (Å²) in [5, 5.41) is 8.54. The van der Waals surface area contributed by atoms with Crippen molar-refractivity contribution in [3.63, 3.8) is 0 Å². The van der Waals surface area contributed by atoms with Crippen LogP contribution in [0.1, 0.15) is 24.5 Å². The number of hydrogen-bond donors (Lipinski definition) is 0. The number of aromatic nitrogens is 2. The van der Waals surface area contributed by atoms with Crippen LogP contribution in [0, 0.1) is 5.82 Å². The highest BCUT2D eigenvalue weighted by atomic mass is 32.2. The zero-order valence-corrected chi connectivity index (χ0v) is 14.5. The molecule has 25 heavy (non-hydrogen) atoms. The Balaban J connectivity index is 1.45. The van der Waals surface area contributed by atoms with Gasteiger partial charge in [-0.05, 0) is 37.1 Å². The van der Waals surface area contributed by atoms with Gasteiger partial charge in [-0.1, -0.05) is 12.1 Å². The van der Waals surface area contributed by atoms with Gasteiger partial charge < -0.3 is 4.90 Å². The average molecular weight is 362 g/mol. The molecule has 0 amide bonds. The first-order valence-corrected chi connectivity index (χ1v) is 9.83. The zero-order chi connectivity index (χ0) is 17.4. The molecule has 0 unspecified atom stereocenters. The minimum atomic E-state index is -3.81. The van der Waals surface area contributed by atoms with Crippen LogP contribution in [0.15, 0.2) is 41.3 Å². The van der Waals surface area contributed by atoms with Crippen molar-refractivity contribution in [3.05, 3.63) is 47.9 Å². The second-order valence-electron chi connectivity index (χ2n) is 6.41. The Morgan fingerprint density at radius 2 is 1.68 bits per heavy atom. The van der Waals surface area contributed by atoms with E-state index in [1.807, 2.05) is 17.0 Å². The van der Waals surface area contributed by atoms with Gasteiger partial charge in [-0.2, -0.15) is 9.40 Å². The minimum absolute atomic E-state index is 0.267. The van der Waals surface area contributed by atoms with E-state index >= 15 is 0 Å². The number of piperazine rings is 1. The Hall–Kier alpha value is -2.06. The van der Waals surface area contributed by atoms with E-state index in [1.165, 1.54) is 41.4 Å². The van der Waals surface area contributed by atoms with Crippen molar-refractivity contribution >= 4 is 15.8 Å². The van der Waals surface area contributed by atoms with Gasteiger partial charge in [0.1, 0.15) is 10.7 Å². The first-order chi connectivity index (χ1) is 12.1. The minimum Gasteiger partial charge on any atom is -0.352 e. The van der Waals surface area contributed by atoms with Crippen LogP contribution in [0.3, 0.4) is 0 Å². The molecular weight excluding hydrogens is 343 g/mol. The number of anilines is 1. The van der Waals surface area contributed by atoms with Crippen molar-refractivity contribution in [3.8, 4) is 0 Å². The maximum absolute atomic E-state index is 13.9. The van der Waals surface area contributed by atoms with Crippen LogP contribution in [0.25, 0.3) is 0 Å². The largest absolute Gasteiger partial charge is 0.352 e. The summed E-state index contributed by atoms with van der Waals surface area (Å²) in [6.07, 6.45) is 2.36. The number of nitrogens with zero attached hydrogens (tertiary/aromatic N) is 4. The number of rotatable bonds is 4.